The summed E-state index contributed by atoms with van der Waals surface area (Å²) in [6.45, 7) is 3.49. The highest BCUT2D eigenvalue weighted by Crippen LogP contribution is 2.28. The number of thioether (sulfide) groups is 1. The first kappa shape index (κ1) is 20.7. The third-order valence-electron chi connectivity index (χ3n) is 6.14. The maximum atomic E-state index is 13.4. The van der Waals surface area contributed by atoms with Crippen molar-refractivity contribution in [1.29, 1.82) is 0 Å². The second kappa shape index (κ2) is 8.09. The Hall–Kier alpha value is -3.14. The van der Waals surface area contributed by atoms with Gasteiger partial charge in [-0.05, 0) is 37.5 Å². The number of imide groups is 1. The fourth-order valence-electron chi connectivity index (χ4n) is 4.59. The monoisotopic (exact) mass is 453 g/mol. The number of amides is 3. The molecule has 0 unspecified atom stereocenters. The highest BCUT2D eigenvalue weighted by Gasteiger charge is 2.38. The third kappa shape index (κ3) is 3.29. The summed E-state index contributed by atoms with van der Waals surface area (Å²) in [5.41, 5.74) is 1.31. The van der Waals surface area contributed by atoms with Crippen LogP contribution in [0.25, 0.3) is 16.7 Å². The van der Waals surface area contributed by atoms with E-state index in [-0.39, 0.29) is 34.4 Å². The Kier molecular flexibility index (Phi) is 5.24. The van der Waals surface area contributed by atoms with Gasteiger partial charge in [-0.2, -0.15) is 0 Å². The summed E-state index contributed by atoms with van der Waals surface area (Å²) < 4.78 is 3.32. The number of aromatic nitrogens is 3. The first-order chi connectivity index (χ1) is 15.5. The molecule has 3 aromatic heterocycles. The first-order valence-electron chi connectivity index (χ1n) is 10.8. The minimum Gasteiger partial charge on any atom is -0.337 e. The van der Waals surface area contributed by atoms with E-state index in [4.69, 9.17) is 0 Å². The van der Waals surface area contributed by atoms with Gasteiger partial charge in [0.05, 0.1) is 11.1 Å². The number of carbonyl (C=O) groups excluding carboxylic acids is 3. The van der Waals surface area contributed by atoms with Gasteiger partial charge in [0.1, 0.15) is 17.0 Å². The Morgan fingerprint density at radius 2 is 1.97 bits per heavy atom. The Balaban J connectivity index is 1.46. The van der Waals surface area contributed by atoms with Crippen LogP contribution in [-0.2, 0) is 11.3 Å². The second-order valence-electron chi connectivity index (χ2n) is 8.11. The van der Waals surface area contributed by atoms with E-state index >= 15 is 0 Å². The third-order valence-corrected chi connectivity index (χ3v) is 6.98. The van der Waals surface area contributed by atoms with Crippen molar-refractivity contribution >= 4 is 45.5 Å². The highest BCUT2D eigenvalue weighted by atomic mass is 32.2. The van der Waals surface area contributed by atoms with E-state index in [9.17, 15) is 19.2 Å². The molecule has 2 aliphatic rings. The fourth-order valence-corrected chi connectivity index (χ4v) is 5.36. The van der Waals surface area contributed by atoms with E-state index < -0.39 is 0 Å². The van der Waals surface area contributed by atoms with Gasteiger partial charge in [0.15, 0.2) is 0 Å². The van der Waals surface area contributed by atoms with Crippen molar-refractivity contribution in [3.8, 4) is 0 Å². The van der Waals surface area contributed by atoms with Crippen LogP contribution in [0.1, 0.15) is 36.7 Å². The minimum atomic E-state index is -0.197. The standard InChI is InChI=1S/C22H23N5O4S/c1-2-8-25-16(12-15-19(25)23-17-5-3-4-9-26(17)20(15)29)21(30)24-10-6-14(7-11-24)27-18(28)13-32-22(27)31/h3-5,9,12,14H,2,6-8,10-11,13H2,1H3. The fraction of sp³-hybridized carbons (Fsp3) is 0.409. The van der Waals surface area contributed by atoms with Gasteiger partial charge < -0.3 is 9.47 Å². The zero-order valence-corrected chi connectivity index (χ0v) is 18.5. The van der Waals surface area contributed by atoms with Crippen LogP contribution in [0.15, 0.2) is 35.3 Å². The average Bonchev–Trinajstić information content (AvgIpc) is 3.34. The molecule has 5 rings (SSSR count). The van der Waals surface area contributed by atoms with E-state index in [2.05, 4.69) is 4.98 Å². The molecule has 32 heavy (non-hydrogen) atoms. The van der Waals surface area contributed by atoms with Crippen LogP contribution < -0.4 is 5.56 Å². The molecule has 3 amide bonds. The van der Waals surface area contributed by atoms with Crippen LogP contribution in [0, 0.1) is 0 Å². The molecule has 2 fully saturated rings. The molecule has 0 spiro atoms. The number of fused-ring (bicyclic) bond motifs is 2. The van der Waals surface area contributed by atoms with Crippen LogP contribution in [0.5, 0.6) is 0 Å². The number of piperidine rings is 1. The number of pyridine rings is 1. The normalized spacial score (nSPS) is 17.8. The maximum absolute atomic E-state index is 13.4. The topological polar surface area (TPSA) is 97.0 Å². The molecule has 2 saturated heterocycles. The molecule has 9 nitrogen and oxygen atoms in total. The van der Waals surface area contributed by atoms with Gasteiger partial charge in [-0.1, -0.05) is 24.8 Å². The lowest BCUT2D eigenvalue weighted by Gasteiger charge is -2.35. The number of hydrogen-bond donors (Lipinski definition) is 0. The molecule has 5 heterocycles. The van der Waals surface area contributed by atoms with Crippen molar-refractivity contribution in [2.24, 2.45) is 0 Å². The van der Waals surface area contributed by atoms with Crippen LogP contribution in [0.3, 0.4) is 0 Å². The molecule has 2 aliphatic heterocycles. The van der Waals surface area contributed by atoms with Gasteiger partial charge in [-0.3, -0.25) is 28.5 Å². The Bertz CT molecular complexity index is 1290. The molecule has 3 aromatic rings. The van der Waals surface area contributed by atoms with E-state index in [0.717, 1.165) is 18.2 Å². The van der Waals surface area contributed by atoms with E-state index in [1.807, 2.05) is 17.6 Å². The SMILES string of the molecule is CCCn1c(C(=O)N2CCC(N3C(=O)CSC3=O)CC2)cc2c(=O)n3ccccc3nc21. The van der Waals surface area contributed by atoms with Crippen molar-refractivity contribution in [2.45, 2.75) is 38.8 Å². The van der Waals surface area contributed by atoms with Gasteiger partial charge >= 0.3 is 0 Å². The number of nitrogens with zero attached hydrogens (tertiary/aromatic N) is 5. The molecule has 0 atom stereocenters. The summed E-state index contributed by atoms with van der Waals surface area (Å²) in [6.07, 6.45) is 3.58. The zero-order chi connectivity index (χ0) is 22.4. The summed E-state index contributed by atoms with van der Waals surface area (Å²) in [5, 5.41) is 0.229. The zero-order valence-electron chi connectivity index (χ0n) is 17.7. The van der Waals surface area contributed by atoms with Gasteiger partial charge in [0, 0.05) is 31.9 Å². The number of aryl methyl sites for hydroxylation is 1. The quantitative estimate of drug-likeness (QED) is 0.602. The molecular weight excluding hydrogens is 430 g/mol. The van der Waals surface area contributed by atoms with Crippen LogP contribution >= 0.6 is 11.8 Å². The number of likely N-dealkylation sites (tertiary alicyclic amines) is 1. The number of carbonyl (C=O) groups is 3. The summed E-state index contributed by atoms with van der Waals surface area (Å²) in [5.74, 6) is -0.102. The molecular formula is C22H23N5O4S. The predicted molar refractivity (Wildman–Crippen MR) is 121 cm³/mol. The summed E-state index contributed by atoms with van der Waals surface area (Å²) in [6, 6.07) is 6.86. The Labute approximate surface area is 188 Å². The lowest BCUT2D eigenvalue weighted by atomic mass is 10.0. The van der Waals surface area contributed by atoms with Crippen LogP contribution in [0.4, 0.5) is 4.79 Å². The first-order valence-corrected chi connectivity index (χ1v) is 11.8. The van der Waals surface area contributed by atoms with Gasteiger partial charge in [-0.15, -0.1) is 0 Å². The van der Waals surface area contributed by atoms with Crippen molar-refractivity contribution in [3.05, 3.63) is 46.5 Å². The molecule has 0 saturated carbocycles. The molecule has 0 radical (unpaired) electrons. The summed E-state index contributed by atoms with van der Waals surface area (Å²) in [7, 11) is 0. The smallest absolute Gasteiger partial charge is 0.289 e. The lowest BCUT2D eigenvalue weighted by molar-refractivity contribution is -0.126. The summed E-state index contributed by atoms with van der Waals surface area (Å²) >= 11 is 1.04. The molecule has 10 heteroatoms. The van der Waals surface area contributed by atoms with Crippen molar-refractivity contribution in [3.63, 3.8) is 0 Å². The van der Waals surface area contributed by atoms with E-state index in [0.29, 0.717) is 54.9 Å². The molecule has 166 valence electrons. The van der Waals surface area contributed by atoms with E-state index in [1.165, 1.54) is 9.30 Å². The largest absolute Gasteiger partial charge is 0.337 e. The lowest BCUT2D eigenvalue weighted by Crippen LogP contribution is -2.48. The average molecular weight is 454 g/mol. The molecule has 0 bridgehead atoms. The van der Waals surface area contributed by atoms with E-state index in [1.54, 1.807) is 29.3 Å². The van der Waals surface area contributed by atoms with Crippen LogP contribution in [0.2, 0.25) is 0 Å². The van der Waals surface area contributed by atoms with Gasteiger partial charge in [0.25, 0.3) is 16.7 Å². The Morgan fingerprint density at radius 3 is 2.66 bits per heavy atom. The maximum Gasteiger partial charge on any atom is 0.289 e. The number of hydrogen-bond acceptors (Lipinski definition) is 6. The predicted octanol–water partition coefficient (Wildman–Crippen LogP) is 2.36. The van der Waals surface area contributed by atoms with Gasteiger partial charge in [-0.25, -0.2) is 4.98 Å². The van der Waals surface area contributed by atoms with Crippen molar-refractivity contribution in [1.82, 2.24) is 23.8 Å². The molecule has 0 aromatic carbocycles. The second-order valence-corrected chi connectivity index (χ2v) is 9.03. The highest BCUT2D eigenvalue weighted by molar-refractivity contribution is 8.14. The van der Waals surface area contributed by atoms with Crippen molar-refractivity contribution < 1.29 is 14.4 Å². The molecule has 0 N–H and O–H groups in total. The van der Waals surface area contributed by atoms with Gasteiger partial charge in [0.2, 0.25) is 5.91 Å². The summed E-state index contributed by atoms with van der Waals surface area (Å²) in [4.78, 5) is 58.3. The molecule has 0 aliphatic carbocycles. The minimum absolute atomic E-state index is 0.147. The van der Waals surface area contributed by atoms with Crippen molar-refractivity contribution in [2.75, 3.05) is 18.8 Å². The van der Waals surface area contributed by atoms with Crippen LogP contribution in [-0.4, -0.2) is 65.7 Å². The Morgan fingerprint density at radius 1 is 1.19 bits per heavy atom. The number of rotatable bonds is 4.